The highest BCUT2D eigenvalue weighted by molar-refractivity contribution is 5.98. The first-order valence-electron chi connectivity index (χ1n) is 7.42. The van der Waals surface area contributed by atoms with Crippen molar-refractivity contribution in [2.75, 3.05) is 29.4 Å². The average molecular weight is 273 g/mol. The van der Waals surface area contributed by atoms with Gasteiger partial charge >= 0.3 is 6.03 Å². The molecule has 0 bridgehead atoms. The van der Waals surface area contributed by atoms with Gasteiger partial charge in [-0.15, -0.1) is 0 Å². The Hall–Kier alpha value is -1.71. The second-order valence-corrected chi connectivity index (χ2v) is 6.71. The van der Waals surface area contributed by atoms with E-state index in [0.29, 0.717) is 0 Å². The number of rotatable bonds is 0. The standard InChI is InChI=1S/C16H23N3O/c1-16(2,3)17-15(20)19-11-10-18-9-5-7-12-6-4-8-13(19)14(12)18/h4,6,8H,5,7,9-11H2,1-3H3,(H,17,20). The molecule has 2 heterocycles. The molecule has 4 heteroatoms. The van der Waals surface area contributed by atoms with E-state index in [1.807, 2.05) is 25.7 Å². The molecule has 0 fully saturated rings. The minimum absolute atomic E-state index is 0.0103. The van der Waals surface area contributed by atoms with Gasteiger partial charge < -0.3 is 10.2 Å². The summed E-state index contributed by atoms with van der Waals surface area (Å²) in [4.78, 5) is 16.8. The minimum Gasteiger partial charge on any atom is -0.368 e. The Morgan fingerprint density at radius 1 is 1.20 bits per heavy atom. The van der Waals surface area contributed by atoms with Crippen LogP contribution in [0.3, 0.4) is 0 Å². The smallest absolute Gasteiger partial charge is 0.322 e. The van der Waals surface area contributed by atoms with E-state index in [1.165, 1.54) is 17.7 Å². The van der Waals surface area contributed by atoms with Crippen LogP contribution in [0.2, 0.25) is 0 Å². The molecule has 0 unspecified atom stereocenters. The zero-order valence-electron chi connectivity index (χ0n) is 12.6. The first-order valence-corrected chi connectivity index (χ1v) is 7.42. The lowest BCUT2D eigenvalue weighted by Crippen LogP contribution is -2.53. The van der Waals surface area contributed by atoms with Crippen molar-refractivity contribution in [3.05, 3.63) is 23.8 Å². The molecule has 0 radical (unpaired) electrons. The Morgan fingerprint density at radius 2 is 2.00 bits per heavy atom. The number of para-hydroxylation sites is 1. The molecular formula is C16H23N3O. The molecule has 0 spiro atoms. The summed E-state index contributed by atoms with van der Waals surface area (Å²) >= 11 is 0. The SMILES string of the molecule is CC(C)(C)NC(=O)N1CCN2CCCc3cccc1c32. The Balaban J connectivity index is 1.94. The summed E-state index contributed by atoms with van der Waals surface area (Å²) < 4.78 is 0. The predicted molar refractivity (Wildman–Crippen MR) is 82.6 cm³/mol. The van der Waals surface area contributed by atoms with Crippen LogP contribution in [-0.4, -0.2) is 31.2 Å². The van der Waals surface area contributed by atoms with Crippen LogP contribution in [0.1, 0.15) is 32.8 Å². The maximum Gasteiger partial charge on any atom is 0.322 e. The van der Waals surface area contributed by atoms with E-state index in [1.54, 1.807) is 0 Å². The highest BCUT2D eigenvalue weighted by Gasteiger charge is 2.31. The molecule has 0 atom stereocenters. The fourth-order valence-corrected chi connectivity index (χ4v) is 3.10. The average Bonchev–Trinajstić information content (AvgIpc) is 2.37. The van der Waals surface area contributed by atoms with Crippen molar-refractivity contribution in [2.45, 2.75) is 39.2 Å². The van der Waals surface area contributed by atoms with Crippen molar-refractivity contribution in [3.63, 3.8) is 0 Å². The second-order valence-electron chi connectivity index (χ2n) is 6.71. The van der Waals surface area contributed by atoms with Crippen molar-refractivity contribution in [3.8, 4) is 0 Å². The van der Waals surface area contributed by atoms with E-state index in [4.69, 9.17) is 0 Å². The summed E-state index contributed by atoms with van der Waals surface area (Å²) in [6, 6.07) is 6.34. The molecule has 108 valence electrons. The topological polar surface area (TPSA) is 35.6 Å². The van der Waals surface area contributed by atoms with Crippen molar-refractivity contribution < 1.29 is 4.79 Å². The molecule has 20 heavy (non-hydrogen) atoms. The monoisotopic (exact) mass is 273 g/mol. The summed E-state index contributed by atoms with van der Waals surface area (Å²) in [5.74, 6) is 0. The molecule has 0 aliphatic carbocycles. The Labute approximate surface area is 120 Å². The lowest BCUT2D eigenvalue weighted by atomic mass is 9.98. The van der Waals surface area contributed by atoms with Gasteiger partial charge in [-0.3, -0.25) is 4.90 Å². The van der Waals surface area contributed by atoms with Crippen LogP contribution in [0.15, 0.2) is 18.2 Å². The first kappa shape index (κ1) is 13.3. The molecule has 1 aromatic rings. The van der Waals surface area contributed by atoms with E-state index >= 15 is 0 Å². The molecule has 4 nitrogen and oxygen atoms in total. The third kappa shape index (κ3) is 2.35. The van der Waals surface area contributed by atoms with Gasteiger partial charge in [0.05, 0.1) is 11.4 Å². The predicted octanol–water partition coefficient (Wildman–Crippen LogP) is 2.77. The molecule has 3 rings (SSSR count). The number of hydrogen-bond donors (Lipinski definition) is 1. The summed E-state index contributed by atoms with van der Waals surface area (Å²) in [7, 11) is 0. The van der Waals surface area contributed by atoms with Gasteiger partial charge in [-0.2, -0.15) is 0 Å². The van der Waals surface area contributed by atoms with E-state index in [2.05, 4.69) is 28.4 Å². The van der Waals surface area contributed by atoms with Gasteiger partial charge in [0.1, 0.15) is 0 Å². The highest BCUT2D eigenvalue weighted by atomic mass is 16.2. The van der Waals surface area contributed by atoms with Gasteiger partial charge in [-0.25, -0.2) is 4.79 Å². The van der Waals surface area contributed by atoms with Gasteiger partial charge in [-0.1, -0.05) is 12.1 Å². The Kier molecular flexibility index (Phi) is 3.11. The highest BCUT2D eigenvalue weighted by Crippen LogP contribution is 2.39. The quantitative estimate of drug-likeness (QED) is 0.789. The van der Waals surface area contributed by atoms with Crippen molar-refractivity contribution in [1.82, 2.24) is 5.32 Å². The van der Waals surface area contributed by atoms with Crippen LogP contribution < -0.4 is 15.1 Å². The van der Waals surface area contributed by atoms with Crippen LogP contribution in [0.4, 0.5) is 16.2 Å². The molecule has 2 amide bonds. The molecular weight excluding hydrogens is 250 g/mol. The number of urea groups is 1. The Morgan fingerprint density at radius 3 is 2.75 bits per heavy atom. The summed E-state index contributed by atoms with van der Waals surface area (Å²) in [5, 5.41) is 3.07. The number of amides is 2. The van der Waals surface area contributed by atoms with Crippen LogP contribution in [0, 0.1) is 0 Å². The third-order valence-electron chi connectivity index (χ3n) is 3.90. The summed E-state index contributed by atoms with van der Waals surface area (Å²) in [5.41, 5.74) is 3.51. The number of anilines is 2. The summed E-state index contributed by atoms with van der Waals surface area (Å²) in [6.07, 6.45) is 2.33. The van der Waals surface area contributed by atoms with Gasteiger partial charge in [0, 0.05) is 25.2 Å². The van der Waals surface area contributed by atoms with E-state index in [0.717, 1.165) is 31.7 Å². The zero-order valence-corrected chi connectivity index (χ0v) is 12.6. The number of hydrogen-bond acceptors (Lipinski definition) is 2. The number of nitrogens with one attached hydrogen (secondary N) is 1. The van der Waals surface area contributed by atoms with Crippen molar-refractivity contribution >= 4 is 17.4 Å². The summed E-state index contributed by atoms with van der Waals surface area (Å²) in [6.45, 7) is 8.85. The molecule has 1 N–H and O–H groups in total. The maximum atomic E-state index is 12.5. The molecule has 0 saturated heterocycles. The van der Waals surface area contributed by atoms with Crippen molar-refractivity contribution in [1.29, 1.82) is 0 Å². The normalized spacial score (nSPS) is 17.8. The fourth-order valence-electron chi connectivity index (χ4n) is 3.10. The van der Waals surface area contributed by atoms with Gasteiger partial charge in [-0.05, 0) is 45.2 Å². The van der Waals surface area contributed by atoms with Gasteiger partial charge in [0.25, 0.3) is 0 Å². The largest absolute Gasteiger partial charge is 0.368 e. The number of carbonyl (C=O) groups excluding carboxylic acids is 1. The van der Waals surface area contributed by atoms with Gasteiger partial charge in [0.15, 0.2) is 0 Å². The van der Waals surface area contributed by atoms with Crippen LogP contribution in [0.25, 0.3) is 0 Å². The lowest BCUT2D eigenvalue weighted by molar-refractivity contribution is 0.237. The maximum absolute atomic E-state index is 12.5. The fraction of sp³-hybridized carbons (Fsp3) is 0.562. The van der Waals surface area contributed by atoms with Crippen LogP contribution in [0.5, 0.6) is 0 Å². The number of aryl methyl sites for hydroxylation is 1. The first-order chi connectivity index (χ1) is 9.46. The number of benzene rings is 1. The third-order valence-corrected chi connectivity index (χ3v) is 3.90. The zero-order chi connectivity index (χ0) is 14.3. The molecule has 2 aliphatic rings. The van der Waals surface area contributed by atoms with Crippen LogP contribution in [-0.2, 0) is 6.42 Å². The van der Waals surface area contributed by atoms with E-state index in [9.17, 15) is 4.79 Å². The second kappa shape index (κ2) is 4.69. The van der Waals surface area contributed by atoms with Crippen molar-refractivity contribution in [2.24, 2.45) is 0 Å². The molecule has 0 saturated carbocycles. The molecule has 1 aromatic carbocycles. The molecule has 2 aliphatic heterocycles. The number of nitrogens with zero attached hydrogens (tertiary/aromatic N) is 2. The van der Waals surface area contributed by atoms with E-state index in [-0.39, 0.29) is 11.6 Å². The lowest BCUT2D eigenvalue weighted by Gasteiger charge is -2.42. The van der Waals surface area contributed by atoms with Crippen LogP contribution >= 0.6 is 0 Å². The molecule has 0 aromatic heterocycles. The Bertz CT molecular complexity index is 533. The number of carbonyl (C=O) groups is 1. The van der Waals surface area contributed by atoms with E-state index < -0.39 is 0 Å². The minimum atomic E-state index is -0.205. The van der Waals surface area contributed by atoms with Gasteiger partial charge in [0.2, 0.25) is 0 Å².